The highest BCUT2D eigenvalue weighted by Crippen LogP contribution is 2.53. The topological polar surface area (TPSA) is 86.5 Å². The van der Waals surface area contributed by atoms with Crippen LogP contribution in [0.25, 0.3) is 10.9 Å². The van der Waals surface area contributed by atoms with Crippen LogP contribution in [0, 0.1) is 11.7 Å². The number of methoxy groups -OCH3 is 1. The highest BCUT2D eigenvalue weighted by Gasteiger charge is 2.62. The first-order valence-electron chi connectivity index (χ1n) is 13.6. The van der Waals surface area contributed by atoms with Gasteiger partial charge in [0.2, 0.25) is 5.54 Å². The maximum Gasteiger partial charge on any atom is 0.254 e. The summed E-state index contributed by atoms with van der Waals surface area (Å²) in [7, 11) is 3.21. The third kappa shape index (κ3) is 3.61. The Labute approximate surface area is 222 Å². The fourth-order valence-electron chi connectivity index (χ4n) is 6.96. The number of ether oxygens (including phenoxy) is 1. The predicted molar refractivity (Wildman–Crippen MR) is 144 cm³/mol. The van der Waals surface area contributed by atoms with E-state index in [1.54, 1.807) is 32.4 Å². The Kier molecular flexibility index (Phi) is 6.27. The fourth-order valence-corrected chi connectivity index (χ4v) is 6.96. The summed E-state index contributed by atoms with van der Waals surface area (Å²) in [6.45, 7) is 2.31. The Morgan fingerprint density at radius 3 is 2.58 bits per heavy atom. The second-order valence-electron chi connectivity index (χ2n) is 11.0. The summed E-state index contributed by atoms with van der Waals surface area (Å²) in [4.78, 5) is 34.3. The summed E-state index contributed by atoms with van der Waals surface area (Å²) in [5.74, 6) is -0.293. The molecule has 1 aliphatic carbocycles. The highest BCUT2D eigenvalue weighted by atomic mass is 19.1. The van der Waals surface area contributed by atoms with Crippen LogP contribution in [-0.4, -0.2) is 55.4 Å². The number of benzene rings is 2. The maximum absolute atomic E-state index is 15.1. The van der Waals surface area contributed by atoms with Crippen LogP contribution in [0.4, 0.5) is 4.39 Å². The Morgan fingerprint density at radius 1 is 1.16 bits per heavy atom. The number of fused-ring (bicyclic) bond motifs is 4. The first kappa shape index (κ1) is 25.1. The fraction of sp³-hybridized carbons (Fsp3) is 0.467. The number of hydrogen-bond acceptors (Lipinski definition) is 5. The van der Waals surface area contributed by atoms with Crippen molar-refractivity contribution < 1.29 is 18.7 Å². The molecule has 3 aliphatic rings. The number of carbonyl (C=O) groups excluding carboxylic acids is 2. The van der Waals surface area contributed by atoms with Gasteiger partial charge in [0.25, 0.3) is 5.91 Å². The van der Waals surface area contributed by atoms with Gasteiger partial charge in [-0.3, -0.25) is 14.5 Å². The number of hydrogen-bond donors (Lipinski definition) is 3. The molecule has 1 aromatic heterocycles. The molecule has 1 unspecified atom stereocenters. The molecule has 3 N–H and O–H groups in total. The number of ketones is 1. The van der Waals surface area contributed by atoms with E-state index in [9.17, 15) is 9.59 Å². The highest BCUT2D eigenvalue weighted by molar-refractivity contribution is 6.13. The minimum Gasteiger partial charge on any atom is -0.497 e. The quantitative estimate of drug-likeness (QED) is 0.433. The second-order valence-corrected chi connectivity index (χ2v) is 11.0. The van der Waals surface area contributed by atoms with Crippen molar-refractivity contribution in [1.29, 1.82) is 0 Å². The number of nitrogens with one attached hydrogen (secondary N) is 3. The van der Waals surface area contributed by atoms with Gasteiger partial charge in [-0.1, -0.05) is 24.6 Å². The van der Waals surface area contributed by atoms with Gasteiger partial charge in [0.1, 0.15) is 11.6 Å². The summed E-state index contributed by atoms with van der Waals surface area (Å²) >= 11 is 0. The molecule has 2 aliphatic heterocycles. The van der Waals surface area contributed by atoms with Gasteiger partial charge < -0.3 is 20.4 Å². The molecular weight excluding hydrogens is 483 g/mol. The molecule has 8 heteroatoms. The summed E-state index contributed by atoms with van der Waals surface area (Å²) in [5, 5.41) is 7.33. The zero-order valence-corrected chi connectivity index (χ0v) is 22.0. The molecule has 1 saturated heterocycles. The zero-order valence-electron chi connectivity index (χ0n) is 22.0. The van der Waals surface area contributed by atoms with Gasteiger partial charge >= 0.3 is 0 Å². The number of aromatic nitrogens is 1. The van der Waals surface area contributed by atoms with Crippen molar-refractivity contribution in [2.75, 3.05) is 33.8 Å². The van der Waals surface area contributed by atoms with Crippen LogP contribution in [0.5, 0.6) is 5.75 Å². The molecule has 0 bridgehead atoms. The lowest BCUT2D eigenvalue weighted by Gasteiger charge is -2.54. The Hall–Kier alpha value is -3.23. The number of likely N-dealkylation sites (N-methyl/N-ethyl adjacent to an activating group) is 1. The van der Waals surface area contributed by atoms with Crippen LogP contribution in [0.3, 0.4) is 0 Å². The molecule has 1 saturated carbocycles. The van der Waals surface area contributed by atoms with Crippen LogP contribution in [0.2, 0.25) is 0 Å². The van der Waals surface area contributed by atoms with Crippen LogP contribution in [-0.2, 0) is 27.1 Å². The number of rotatable bonds is 6. The molecule has 1 amide bonds. The number of nitrogens with zero attached hydrogens (tertiary/aromatic N) is 1. The van der Waals surface area contributed by atoms with E-state index in [1.807, 2.05) is 23.1 Å². The normalized spacial score (nSPS) is 23.1. The molecule has 2 fully saturated rings. The number of amides is 1. The molecule has 7 nitrogen and oxygen atoms in total. The van der Waals surface area contributed by atoms with E-state index in [4.69, 9.17) is 4.74 Å². The van der Waals surface area contributed by atoms with E-state index in [2.05, 4.69) is 15.6 Å². The predicted octanol–water partition coefficient (Wildman–Crippen LogP) is 3.76. The molecule has 1 spiro atoms. The summed E-state index contributed by atoms with van der Waals surface area (Å²) in [6, 6.07) is 12.6. The molecule has 1 atom stereocenters. The summed E-state index contributed by atoms with van der Waals surface area (Å²) < 4.78 is 20.6. The Balaban J connectivity index is 1.66. The first-order valence-corrected chi connectivity index (χ1v) is 13.6. The lowest BCUT2D eigenvalue weighted by Crippen LogP contribution is -2.68. The van der Waals surface area contributed by atoms with Crippen LogP contribution >= 0.6 is 0 Å². The third-order valence-corrected chi connectivity index (χ3v) is 9.13. The van der Waals surface area contributed by atoms with Crippen molar-refractivity contribution in [3.05, 3.63) is 65.1 Å². The smallest absolute Gasteiger partial charge is 0.254 e. The number of halogens is 1. The molecule has 6 rings (SSSR count). The Bertz CT molecular complexity index is 1390. The van der Waals surface area contributed by atoms with E-state index >= 15 is 4.39 Å². The van der Waals surface area contributed by atoms with Crippen LogP contribution in [0.1, 0.15) is 48.9 Å². The van der Waals surface area contributed by atoms with Crippen molar-refractivity contribution in [3.8, 4) is 5.75 Å². The van der Waals surface area contributed by atoms with Gasteiger partial charge in [-0.25, -0.2) is 4.39 Å². The average molecular weight is 519 g/mol. The van der Waals surface area contributed by atoms with Gasteiger partial charge in [-0.05, 0) is 62.5 Å². The van der Waals surface area contributed by atoms with Crippen molar-refractivity contribution >= 4 is 22.6 Å². The monoisotopic (exact) mass is 518 g/mol. The lowest BCUT2D eigenvalue weighted by molar-refractivity contribution is -0.154. The van der Waals surface area contributed by atoms with Gasteiger partial charge in [0.05, 0.1) is 12.8 Å². The lowest BCUT2D eigenvalue weighted by atomic mass is 9.62. The van der Waals surface area contributed by atoms with E-state index in [0.717, 1.165) is 61.7 Å². The maximum atomic E-state index is 15.1. The number of H-pyrrole nitrogens is 1. The van der Waals surface area contributed by atoms with Gasteiger partial charge in [-0.15, -0.1) is 0 Å². The van der Waals surface area contributed by atoms with Gasteiger partial charge in [-0.2, -0.15) is 0 Å². The van der Waals surface area contributed by atoms with Crippen LogP contribution in [0.15, 0.2) is 42.5 Å². The largest absolute Gasteiger partial charge is 0.497 e. The molecule has 2 aromatic carbocycles. The van der Waals surface area contributed by atoms with E-state index in [1.165, 1.54) is 6.07 Å². The summed E-state index contributed by atoms with van der Waals surface area (Å²) in [5.41, 5.74) is 1.14. The number of aromatic amines is 1. The van der Waals surface area contributed by atoms with Gasteiger partial charge in [0, 0.05) is 54.0 Å². The van der Waals surface area contributed by atoms with E-state index in [0.29, 0.717) is 23.6 Å². The minimum atomic E-state index is -1.58. The molecule has 38 heavy (non-hydrogen) atoms. The first-order chi connectivity index (χ1) is 18.4. The molecule has 0 radical (unpaired) electrons. The average Bonchev–Trinajstić information content (AvgIpc) is 3.29. The van der Waals surface area contributed by atoms with Crippen molar-refractivity contribution in [3.63, 3.8) is 0 Å². The van der Waals surface area contributed by atoms with E-state index < -0.39 is 5.54 Å². The van der Waals surface area contributed by atoms with Gasteiger partial charge in [0.15, 0.2) is 5.78 Å². The number of carbonyl (C=O) groups is 2. The Morgan fingerprint density at radius 2 is 1.92 bits per heavy atom. The molecule has 200 valence electrons. The standard InChI is InChI=1S/C30H35FN4O3/c1-32-28(37)30(27(36)19-7-5-8-19)26-25(22-11-10-21(38-2)16-24(22)34-26)29(12-14-33-15-13-29)18-35(30)17-20-6-3-4-9-23(20)31/h3-4,6,9-11,16,19,33-34H,5,7-8,12-15,17-18H2,1-2H3,(H,32,37). The number of Topliss-reactive ketones (excluding diaryl/α,β-unsaturated/α-hetero) is 1. The molecule has 3 aromatic rings. The summed E-state index contributed by atoms with van der Waals surface area (Å²) in [6.07, 6.45) is 4.22. The SMILES string of the molecule is CNC(=O)C1(C(=O)C2CCC2)c2[nH]c3cc(OC)ccc3c2C2(CCNCC2)CN1Cc1ccccc1F. The minimum absolute atomic E-state index is 0.0944. The molecular formula is C30H35FN4O3. The van der Waals surface area contributed by atoms with Crippen molar-refractivity contribution in [2.24, 2.45) is 5.92 Å². The second kappa shape index (κ2) is 9.50. The third-order valence-electron chi connectivity index (χ3n) is 9.13. The zero-order chi connectivity index (χ0) is 26.5. The van der Waals surface area contributed by atoms with Crippen LogP contribution < -0.4 is 15.4 Å². The molecule has 3 heterocycles. The van der Waals surface area contributed by atoms with E-state index in [-0.39, 0.29) is 35.4 Å². The van der Waals surface area contributed by atoms with Crippen molar-refractivity contribution in [1.82, 2.24) is 20.5 Å². The van der Waals surface area contributed by atoms with Crippen molar-refractivity contribution in [2.45, 2.75) is 49.6 Å². The number of piperidine rings is 1.